The van der Waals surface area contributed by atoms with Crippen LogP contribution in [0.1, 0.15) is 19.3 Å². The topological polar surface area (TPSA) is 41.6 Å². The molecule has 0 aromatic rings. The van der Waals surface area contributed by atoms with Gasteiger partial charge in [-0.2, -0.15) is 0 Å². The Hall–Kier alpha value is -0.610. The van der Waals surface area contributed by atoms with Crippen molar-refractivity contribution in [3.05, 3.63) is 0 Å². The van der Waals surface area contributed by atoms with Gasteiger partial charge in [-0.25, -0.2) is 0 Å². The van der Waals surface area contributed by atoms with Crippen molar-refractivity contribution in [3.63, 3.8) is 0 Å². The SMILES string of the molecule is O=C1CC(NC2COC2)CN1C1CC1. The molecule has 1 amide bonds. The zero-order valence-electron chi connectivity index (χ0n) is 8.24. The molecule has 2 saturated heterocycles. The first-order chi connectivity index (χ1) is 6.83. The number of ether oxygens (including phenoxy) is 1. The normalized spacial score (nSPS) is 33.6. The quantitative estimate of drug-likeness (QED) is 0.676. The minimum Gasteiger partial charge on any atom is -0.378 e. The number of amides is 1. The molecule has 1 unspecified atom stereocenters. The number of nitrogens with zero attached hydrogens (tertiary/aromatic N) is 1. The second-order valence-corrected chi connectivity index (χ2v) is 4.58. The van der Waals surface area contributed by atoms with Gasteiger partial charge in [0.2, 0.25) is 5.91 Å². The Labute approximate surface area is 83.6 Å². The fourth-order valence-electron chi connectivity index (χ4n) is 2.25. The molecular formula is C10H16N2O2. The van der Waals surface area contributed by atoms with E-state index < -0.39 is 0 Å². The lowest BCUT2D eigenvalue weighted by atomic mass is 10.2. The van der Waals surface area contributed by atoms with E-state index in [2.05, 4.69) is 10.2 Å². The zero-order valence-corrected chi connectivity index (χ0v) is 8.24. The number of carbonyl (C=O) groups is 1. The highest BCUT2D eigenvalue weighted by molar-refractivity contribution is 5.80. The van der Waals surface area contributed by atoms with Gasteiger partial charge in [0.05, 0.1) is 19.3 Å². The summed E-state index contributed by atoms with van der Waals surface area (Å²) in [6.07, 6.45) is 3.11. The van der Waals surface area contributed by atoms with Crippen LogP contribution in [0.2, 0.25) is 0 Å². The molecule has 14 heavy (non-hydrogen) atoms. The Morgan fingerprint density at radius 1 is 1.29 bits per heavy atom. The minimum absolute atomic E-state index is 0.338. The third kappa shape index (κ3) is 1.53. The second-order valence-electron chi connectivity index (χ2n) is 4.58. The number of hydrogen-bond donors (Lipinski definition) is 1. The molecule has 0 bridgehead atoms. The van der Waals surface area contributed by atoms with Gasteiger partial charge in [0.1, 0.15) is 0 Å². The summed E-state index contributed by atoms with van der Waals surface area (Å²) in [6, 6.07) is 1.44. The van der Waals surface area contributed by atoms with E-state index in [1.165, 1.54) is 12.8 Å². The van der Waals surface area contributed by atoms with E-state index in [1.54, 1.807) is 0 Å². The molecule has 1 atom stereocenters. The van der Waals surface area contributed by atoms with Crippen LogP contribution in [0.3, 0.4) is 0 Å². The van der Waals surface area contributed by atoms with Crippen molar-refractivity contribution in [3.8, 4) is 0 Å². The molecule has 4 nitrogen and oxygen atoms in total. The predicted octanol–water partition coefficient (Wildman–Crippen LogP) is -0.262. The lowest BCUT2D eigenvalue weighted by Crippen LogP contribution is -2.51. The van der Waals surface area contributed by atoms with E-state index in [4.69, 9.17) is 4.74 Å². The third-order valence-electron chi connectivity index (χ3n) is 3.26. The molecule has 78 valence electrons. The molecule has 1 aliphatic carbocycles. The van der Waals surface area contributed by atoms with Crippen molar-refractivity contribution < 1.29 is 9.53 Å². The lowest BCUT2D eigenvalue weighted by molar-refractivity contribution is -0.128. The Kier molecular flexibility index (Phi) is 1.99. The van der Waals surface area contributed by atoms with Crippen molar-refractivity contribution in [2.45, 2.75) is 37.4 Å². The molecule has 3 aliphatic rings. The van der Waals surface area contributed by atoms with Crippen molar-refractivity contribution >= 4 is 5.91 Å². The highest BCUT2D eigenvalue weighted by Gasteiger charge is 2.40. The molecule has 2 heterocycles. The van der Waals surface area contributed by atoms with E-state index in [-0.39, 0.29) is 0 Å². The maximum Gasteiger partial charge on any atom is 0.224 e. The molecular weight excluding hydrogens is 180 g/mol. The van der Waals surface area contributed by atoms with Gasteiger partial charge in [-0.05, 0) is 12.8 Å². The van der Waals surface area contributed by atoms with Crippen LogP contribution in [0.5, 0.6) is 0 Å². The Balaban J connectivity index is 1.53. The van der Waals surface area contributed by atoms with Gasteiger partial charge < -0.3 is 15.0 Å². The first kappa shape index (κ1) is 8.68. The highest BCUT2D eigenvalue weighted by Crippen LogP contribution is 2.30. The number of rotatable bonds is 3. The smallest absolute Gasteiger partial charge is 0.224 e. The maximum atomic E-state index is 11.6. The van der Waals surface area contributed by atoms with Gasteiger partial charge in [0, 0.05) is 25.0 Å². The summed E-state index contributed by atoms with van der Waals surface area (Å²) >= 11 is 0. The van der Waals surface area contributed by atoms with Crippen LogP contribution in [0.25, 0.3) is 0 Å². The van der Waals surface area contributed by atoms with Crippen LogP contribution in [-0.2, 0) is 9.53 Å². The first-order valence-electron chi connectivity index (χ1n) is 5.46. The molecule has 1 N–H and O–H groups in total. The van der Waals surface area contributed by atoms with E-state index in [0.717, 1.165) is 19.8 Å². The maximum absolute atomic E-state index is 11.6. The first-order valence-corrected chi connectivity index (χ1v) is 5.46. The minimum atomic E-state index is 0.338. The predicted molar refractivity (Wildman–Crippen MR) is 50.9 cm³/mol. The average Bonchev–Trinajstić information content (AvgIpc) is 2.85. The molecule has 1 saturated carbocycles. The van der Waals surface area contributed by atoms with Gasteiger partial charge >= 0.3 is 0 Å². The average molecular weight is 196 g/mol. The third-order valence-corrected chi connectivity index (χ3v) is 3.26. The van der Waals surface area contributed by atoms with Crippen LogP contribution in [-0.4, -0.2) is 48.7 Å². The van der Waals surface area contributed by atoms with E-state index >= 15 is 0 Å². The Morgan fingerprint density at radius 2 is 2.07 bits per heavy atom. The molecule has 4 heteroatoms. The van der Waals surface area contributed by atoms with Crippen molar-refractivity contribution in [2.24, 2.45) is 0 Å². The lowest BCUT2D eigenvalue weighted by Gasteiger charge is -2.29. The molecule has 0 aromatic carbocycles. The number of likely N-dealkylation sites (tertiary alicyclic amines) is 1. The molecule has 0 aromatic heterocycles. The molecule has 2 aliphatic heterocycles. The summed E-state index contributed by atoms with van der Waals surface area (Å²) in [4.78, 5) is 13.7. The van der Waals surface area contributed by atoms with E-state index in [1.807, 2.05) is 0 Å². The van der Waals surface area contributed by atoms with Crippen molar-refractivity contribution in [1.82, 2.24) is 10.2 Å². The Morgan fingerprint density at radius 3 is 2.64 bits per heavy atom. The number of carbonyl (C=O) groups excluding carboxylic acids is 1. The standard InChI is InChI=1S/C10H16N2O2/c13-10-3-7(11-8-5-14-6-8)4-12(10)9-1-2-9/h7-9,11H,1-6H2. The van der Waals surface area contributed by atoms with Gasteiger partial charge in [-0.15, -0.1) is 0 Å². The van der Waals surface area contributed by atoms with Crippen LogP contribution in [0, 0.1) is 0 Å². The van der Waals surface area contributed by atoms with Gasteiger partial charge in [-0.3, -0.25) is 4.79 Å². The van der Waals surface area contributed by atoms with Crippen molar-refractivity contribution in [2.75, 3.05) is 19.8 Å². The summed E-state index contributed by atoms with van der Waals surface area (Å²) in [7, 11) is 0. The van der Waals surface area contributed by atoms with Gasteiger partial charge in [0.25, 0.3) is 0 Å². The van der Waals surface area contributed by atoms with Crippen LogP contribution >= 0.6 is 0 Å². The molecule has 3 fully saturated rings. The highest BCUT2D eigenvalue weighted by atomic mass is 16.5. The Bertz CT molecular complexity index is 249. The largest absolute Gasteiger partial charge is 0.378 e. The summed E-state index contributed by atoms with van der Waals surface area (Å²) < 4.78 is 5.10. The number of hydrogen-bond acceptors (Lipinski definition) is 3. The summed E-state index contributed by atoms with van der Waals surface area (Å²) in [5, 5.41) is 3.47. The zero-order chi connectivity index (χ0) is 9.54. The number of nitrogens with one attached hydrogen (secondary N) is 1. The summed E-state index contributed by atoms with van der Waals surface area (Å²) in [5.41, 5.74) is 0. The fraction of sp³-hybridized carbons (Fsp3) is 0.900. The second kappa shape index (κ2) is 3.21. The fourth-order valence-corrected chi connectivity index (χ4v) is 2.25. The summed E-state index contributed by atoms with van der Waals surface area (Å²) in [6.45, 7) is 2.54. The van der Waals surface area contributed by atoms with Crippen LogP contribution in [0.4, 0.5) is 0 Å². The molecule has 0 radical (unpaired) electrons. The monoisotopic (exact) mass is 196 g/mol. The summed E-state index contributed by atoms with van der Waals surface area (Å²) in [5.74, 6) is 0.338. The van der Waals surface area contributed by atoms with Crippen LogP contribution < -0.4 is 5.32 Å². The van der Waals surface area contributed by atoms with E-state index in [0.29, 0.717) is 30.5 Å². The van der Waals surface area contributed by atoms with Crippen LogP contribution in [0.15, 0.2) is 0 Å². The molecule has 3 rings (SSSR count). The van der Waals surface area contributed by atoms with Crippen molar-refractivity contribution in [1.29, 1.82) is 0 Å². The van der Waals surface area contributed by atoms with E-state index in [9.17, 15) is 4.79 Å². The molecule has 0 spiro atoms. The van der Waals surface area contributed by atoms with Gasteiger partial charge in [0.15, 0.2) is 0 Å². The van der Waals surface area contributed by atoms with Gasteiger partial charge in [-0.1, -0.05) is 0 Å².